The number of likely N-dealkylation sites (tertiary alicyclic amines) is 1. The summed E-state index contributed by atoms with van der Waals surface area (Å²) in [5.74, 6) is 0.128. The van der Waals surface area contributed by atoms with Gasteiger partial charge in [0.2, 0.25) is 0 Å². The van der Waals surface area contributed by atoms with E-state index in [1.54, 1.807) is 0 Å². The summed E-state index contributed by atoms with van der Waals surface area (Å²) in [6.07, 6.45) is 3.66. The number of carbonyl (C=O) groups excluding carboxylic acids is 2. The molecule has 2 amide bonds. The highest BCUT2D eigenvalue weighted by Gasteiger charge is 2.18. The smallest absolute Gasteiger partial charge is 0.412 e. The SMILES string of the molecule is CC(C)(C)OC(=O)Nc1ccc(Cc2cccc(C(=O)N3CCCCC3)c2)cc1. The van der Waals surface area contributed by atoms with Crippen LogP contribution in [-0.2, 0) is 11.2 Å². The van der Waals surface area contributed by atoms with Gasteiger partial charge in [-0.1, -0.05) is 24.3 Å². The van der Waals surface area contributed by atoms with Gasteiger partial charge in [0.15, 0.2) is 0 Å². The summed E-state index contributed by atoms with van der Waals surface area (Å²) in [4.78, 5) is 26.5. The van der Waals surface area contributed by atoms with Crippen LogP contribution in [0, 0.1) is 0 Å². The summed E-state index contributed by atoms with van der Waals surface area (Å²) < 4.78 is 5.27. The quantitative estimate of drug-likeness (QED) is 0.770. The average Bonchev–Trinajstić information content (AvgIpc) is 2.68. The number of piperidine rings is 1. The molecule has 0 atom stereocenters. The predicted octanol–water partition coefficient (Wildman–Crippen LogP) is 5.25. The minimum Gasteiger partial charge on any atom is -0.444 e. The number of benzene rings is 2. The highest BCUT2D eigenvalue weighted by molar-refractivity contribution is 5.94. The van der Waals surface area contributed by atoms with Crippen LogP contribution >= 0.6 is 0 Å². The number of rotatable bonds is 4. The second-order valence-electron chi connectivity index (χ2n) is 8.55. The summed E-state index contributed by atoms with van der Waals surface area (Å²) in [5, 5.41) is 2.74. The first-order chi connectivity index (χ1) is 13.8. The van der Waals surface area contributed by atoms with Gasteiger partial charge in [-0.05, 0) is 81.8 Å². The van der Waals surface area contributed by atoms with Crippen LogP contribution in [-0.4, -0.2) is 35.6 Å². The Labute approximate surface area is 173 Å². The highest BCUT2D eigenvalue weighted by Crippen LogP contribution is 2.18. The number of hydrogen-bond donors (Lipinski definition) is 1. The molecular formula is C24H30N2O3. The van der Waals surface area contributed by atoms with Crippen LogP contribution in [0.4, 0.5) is 10.5 Å². The Morgan fingerprint density at radius 3 is 2.31 bits per heavy atom. The van der Waals surface area contributed by atoms with E-state index in [1.807, 2.05) is 74.2 Å². The third-order valence-corrected chi connectivity index (χ3v) is 4.82. The largest absolute Gasteiger partial charge is 0.444 e. The lowest BCUT2D eigenvalue weighted by molar-refractivity contribution is 0.0635. The zero-order valence-corrected chi connectivity index (χ0v) is 17.5. The Hall–Kier alpha value is -2.82. The summed E-state index contributed by atoms with van der Waals surface area (Å²) in [6.45, 7) is 7.21. The van der Waals surface area contributed by atoms with Gasteiger partial charge in [0.05, 0.1) is 0 Å². The van der Waals surface area contributed by atoms with Crippen molar-refractivity contribution in [2.24, 2.45) is 0 Å². The first-order valence-electron chi connectivity index (χ1n) is 10.3. The Morgan fingerprint density at radius 2 is 1.66 bits per heavy atom. The van der Waals surface area contributed by atoms with E-state index in [2.05, 4.69) is 5.32 Å². The second-order valence-corrected chi connectivity index (χ2v) is 8.55. The fourth-order valence-corrected chi connectivity index (χ4v) is 3.46. The Balaban J connectivity index is 1.61. The number of anilines is 1. The fraction of sp³-hybridized carbons (Fsp3) is 0.417. The molecule has 1 fully saturated rings. The van der Waals surface area contributed by atoms with Gasteiger partial charge in [0.25, 0.3) is 5.91 Å². The second kappa shape index (κ2) is 9.12. The van der Waals surface area contributed by atoms with Crippen molar-refractivity contribution >= 4 is 17.7 Å². The van der Waals surface area contributed by atoms with Crippen molar-refractivity contribution in [2.75, 3.05) is 18.4 Å². The molecule has 1 N–H and O–H groups in total. The van der Waals surface area contributed by atoms with Crippen molar-refractivity contribution in [3.05, 3.63) is 65.2 Å². The third kappa shape index (κ3) is 6.34. The van der Waals surface area contributed by atoms with Crippen molar-refractivity contribution in [3.8, 4) is 0 Å². The van der Waals surface area contributed by atoms with E-state index in [0.717, 1.165) is 49.0 Å². The molecule has 0 unspecified atom stereocenters. The van der Waals surface area contributed by atoms with Crippen molar-refractivity contribution in [1.82, 2.24) is 4.90 Å². The van der Waals surface area contributed by atoms with Gasteiger partial charge in [-0.3, -0.25) is 10.1 Å². The maximum absolute atomic E-state index is 12.7. The molecule has 0 aliphatic carbocycles. The molecule has 1 saturated heterocycles. The normalized spacial score (nSPS) is 14.4. The first-order valence-corrected chi connectivity index (χ1v) is 10.3. The molecule has 2 aromatic carbocycles. The molecule has 3 rings (SSSR count). The van der Waals surface area contributed by atoms with Gasteiger partial charge in [-0.15, -0.1) is 0 Å². The van der Waals surface area contributed by atoms with Crippen LogP contribution in [0.3, 0.4) is 0 Å². The molecule has 1 heterocycles. The monoisotopic (exact) mass is 394 g/mol. The number of ether oxygens (including phenoxy) is 1. The third-order valence-electron chi connectivity index (χ3n) is 4.82. The van der Waals surface area contributed by atoms with Gasteiger partial charge in [-0.2, -0.15) is 0 Å². The summed E-state index contributed by atoms with van der Waals surface area (Å²) in [5.41, 5.74) is 3.13. The van der Waals surface area contributed by atoms with Crippen LogP contribution in [0.1, 0.15) is 61.5 Å². The van der Waals surface area contributed by atoms with Crippen molar-refractivity contribution < 1.29 is 14.3 Å². The van der Waals surface area contributed by atoms with Crippen LogP contribution in [0.5, 0.6) is 0 Å². The zero-order valence-electron chi connectivity index (χ0n) is 17.5. The number of nitrogens with one attached hydrogen (secondary N) is 1. The molecule has 1 aliphatic rings. The van der Waals surface area contributed by atoms with Crippen LogP contribution in [0.15, 0.2) is 48.5 Å². The number of amides is 2. The molecule has 2 aromatic rings. The molecule has 154 valence electrons. The lowest BCUT2D eigenvalue weighted by Gasteiger charge is -2.26. The molecule has 5 nitrogen and oxygen atoms in total. The molecule has 5 heteroatoms. The summed E-state index contributed by atoms with van der Waals surface area (Å²) in [7, 11) is 0. The number of nitrogens with zero attached hydrogens (tertiary/aromatic N) is 1. The van der Waals surface area contributed by atoms with Gasteiger partial charge < -0.3 is 9.64 Å². The van der Waals surface area contributed by atoms with E-state index in [4.69, 9.17) is 4.74 Å². The Morgan fingerprint density at radius 1 is 0.966 bits per heavy atom. The lowest BCUT2D eigenvalue weighted by atomic mass is 10.0. The van der Waals surface area contributed by atoms with Crippen molar-refractivity contribution in [3.63, 3.8) is 0 Å². The maximum atomic E-state index is 12.7. The van der Waals surface area contributed by atoms with Crippen LogP contribution in [0.2, 0.25) is 0 Å². The Bertz CT molecular complexity index is 847. The fourth-order valence-electron chi connectivity index (χ4n) is 3.46. The zero-order chi connectivity index (χ0) is 20.9. The molecule has 0 bridgehead atoms. The highest BCUT2D eigenvalue weighted by atomic mass is 16.6. The lowest BCUT2D eigenvalue weighted by Crippen LogP contribution is -2.35. The van der Waals surface area contributed by atoms with E-state index in [9.17, 15) is 9.59 Å². The van der Waals surface area contributed by atoms with Crippen molar-refractivity contribution in [2.45, 2.75) is 52.1 Å². The van der Waals surface area contributed by atoms with Crippen LogP contribution in [0.25, 0.3) is 0 Å². The van der Waals surface area contributed by atoms with E-state index < -0.39 is 11.7 Å². The van der Waals surface area contributed by atoms with Gasteiger partial charge >= 0.3 is 6.09 Å². The van der Waals surface area contributed by atoms with E-state index in [0.29, 0.717) is 5.69 Å². The topological polar surface area (TPSA) is 58.6 Å². The molecule has 0 saturated carbocycles. The van der Waals surface area contributed by atoms with Gasteiger partial charge in [0.1, 0.15) is 5.60 Å². The summed E-state index contributed by atoms with van der Waals surface area (Å²) in [6, 6.07) is 15.6. The van der Waals surface area contributed by atoms with Gasteiger partial charge in [0, 0.05) is 24.3 Å². The predicted molar refractivity (Wildman–Crippen MR) is 115 cm³/mol. The number of carbonyl (C=O) groups is 2. The maximum Gasteiger partial charge on any atom is 0.412 e. The molecular weight excluding hydrogens is 364 g/mol. The average molecular weight is 395 g/mol. The molecule has 0 aromatic heterocycles. The number of hydrogen-bond acceptors (Lipinski definition) is 3. The van der Waals surface area contributed by atoms with Gasteiger partial charge in [-0.25, -0.2) is 4.79 Å². The molecule has 0 radical (unpaired) electrons. The Kier molecular flexibility index (Phi) is 6.57. The minimum atomic E-state index is -0.527. The standard InChI is InChI=1S/C24H30N2O3/c1-24(2,3)29-23(28)25-21-12-10-18(11-13-21)16-19-8-7-9-20(17-19)22(27)26-14-5-4-6-15-26/h7-13,17H,4-6,14-16H2,1-3H3,(H,25,28). The molecule has 29 heavy (non-hydrogen) atoms. The first kappa shape index (κ1) is 20.9. The van der Waals surface area contributed by atoms with E-state index in [1.165, 1.54) is 6.42 Å². The van der Waals surface area contributed by atoms with Crippen LogP contribution < -0.4 is 5.32 Å². The minimum absolute atomic E-state index is 0.128. The molecule has 0 spiro atoms. The summed E-state index contributed by atoms with van der Waals surface area (Å²) >= 11 is 0. The van der Waals surface area contributed by atoms with E-state index in [-0.39, 0.29) is 5.91 Å². The van der Waals surface area contributed by atoms with E-state index >= 15 is 0 Å². The molecule has 1 aliphatic heterocycles. The van der Waals surface area contributed by atoms with Crippen molar-refractivity contribution in [1.29, 1.82) is 0 Å².